The second-order valence-corrected chi connectivity index (χ2v) is 7.03. The van der Waals surface area contributed by atoms with Gasteiger partial charge in [0.25, 0.3) is 0 Å². The number of ether oxygens (including phenoxy) is 1. The normalized spacial score (nSPS) is 47.1. The largest absolute Gasteiger partial charge is 0.465 e. The minimum absolute atomic E-state index is 0.0310. The van der Waals surface area contributed by atoms with Gasteiger partial charge >= 0.3 is 5.97 Å². The van der Waals surface area contributed by atoms with Gasteiger partial charge in [0.2, 0.25) is 0 Å². The summed E-state index contributed by atoms with van der Waals surface area (Å²) in [5.41, 5.74) is 0.447. The van der Waals surface area contributed by atoms with Crippen molar-refractivity contribution in [1.82, 2.24) is 0 Å². The number of fused-ring (bicyclic) bond motifs is 5. The van der Waals surface area contributed by atoms with Gasteiger partial charge in [-0.05, 0) is 43.9 Å². The third-order valence-corrected chi connectivity index (χ3v) is 5.77. The van der Waals surface area contributed by atoms with Crippen LogP contribution in [0.2, 0.25) is 0 Å². The molecule has 1 aliphatic heterocycles. The first kappa shape index (κ1) is 12.2. The van der Waals surface area contributed by atoms with E-state index in [0.717, 1.165) is 12.8 Å². The summed E-state index contributed by atoms with van der Waals surface area (Å²) in [7, 11) is 0. The average molecular weight is 250 g/mol. The highest BCUT2D eigenvalue weighted by Crippen LogP contribution is 2.65. The molecule has 0 unspecified atom stereocenters. The number of rotatable bonds is 1. The zero-order chi connectivity index (χ0) is 13.3. The van der Waals surface area contributed by atoms with Crippen molar-refractivity contribution in [1.29, 1.82) is 0 Å². The van der Waals surface area contributed by atoms with Gasteiger partial charge in [-0.2, -0.15) is 0 Å². The molecule has 0 aromatic heterocycles. The molecule has 18 heavy (non-hydrogen) atoms. The van der Waals surface area contributed by atoms with Gasteiger partial charge in [-0.1, -0.05) is 19.1 Å². The van der Waals surface area contributed by atoms with Crippen LogP contribution < -0.4 is 0 Å². The molecule has 5 atom stereocenters. The van der Waals surface area contributed by atoms with Gasteiger partial charge in [-0.3, -0.25) is 4.79 Å². The van der Waals surface area contributed by atoms with Crippen LogP contribution in [0.4, 0.5) is 0 Å². The summed E-state index contributed by atoms with van der Waals surface area (Å²) in [6.45, 7) is 10.7. The van der Waals surface area contributed by atoms with Crippen LogP contribution in [0.1, 0.15) is 33.6 Å². The topological polar surface area (TPSA) is 46.5 Å². The first-order valence-electron chi connectivity index (χ1n) is 6.85. The van der Waals surface area contributed by atoms with Crippen LogP contribution in [0.25, 0.3) is 0 Å². The Morgan fingerprint density at radius 3 is 2.72 bits per heavy atom. The zero-order valence-corrected chi connectivity index (χ0v) is 11.4. The van der Waals surface area contributed by atoms with E-state index in [4.69, 9.17) is 4.74 Å². The molecular weight excluding hydrogens is 228 g/mol. The van der Waals surface area contributed by atoms with Gasteiger partial charge in [0, 0.05) is 5.92 Å². The Balaban J connectivity index is 2.06. The summed E-state index contributed by atoms with van der Waals surface area (Å²) in [6, 6.07) is 0. The van der Waals surface area contributed by atoms with E-state index in [-0.39, 0.29) is 35.1 Å². The maximum absolute atomic E-state index is 12.0. The third kappa shape index (κ3) is 1.31. The molecule has 3 nitrogen and oxygen atoms in total. The molecule has 1 heterocycles. The third-order valence-electron chi connectivity index (χ3n) is 5.77. The van der Waals surface area contributed by atoms with Gasteiger partial charge < -0.3 is 9.84 Å². The van der Waals surface area contributed by atoms with Crippen molar-refractivity contribution >= 4 is 5.97 Å². The number of allylic oxidation sites excluding steroid dienone is 1. The Morgan fingerprint density at radius 1 is 1.44 bits per heavy atom. The number of carbonyl (C=O) groups excluding carboxylic acids is 1. The minimum atomic E-state index is -0.757. The molecule has 0 spiro atoms. The molecule has 3 aliphatic rings. The molecule has 100 valence electrons. The van der Waals surface area contributed by atoms with E-state index in [9.17, 15) is 9.90 Å². The van der Waals surface area contributed by atoms with Gasteiger partial charge in [-0.15, -0.1) is 0 Å². The van der Waals surface area contributed by atoms with Crippen molar-refractivity contribution in [3.05, 3.63) is 12.2 Å². The lowest BCUT2D eigenvalue weighted by Crippen LogP contribution is -2.42. The molecule has 3 heteroatoms. The molecule has 2 aliphatic carbocycles. The van der Waals surface area contributed by atoms with Crippen LogP contribution in [0, 0.1) is 29.1 Å². The average Bonchev–Trinajstić information content (AvgIpc) is 2.66. The molecule has 1 saturated heterocycles. The Labute approximate surface area is 108 Å². The van der Waals surface area contributed by atoms with Gasteiger partial charge in [0.1, 0.15) is 0 Å². The van der Waals surface area contributed by atoms with Crippen molar-refractivity contribution in [2.75, 3.05) is 6.61 Å². The number of hydrogen-bond acceptors (Lipinski definition) is 3. The maximum Gasteiger partial charge on any atom is 0.310 e. The first-order valence-corrected chi connectivity index (χ1v) is 6.85. The molecule has 1 N–H and O–H groups in total. The van der Waals surface area contributed by atoms with Crippen LogP contribution in [-0.2, 0) is 9.53 Å². The number of aliphatic hydroxyl groups is 1. The first-order chi connectivity index (χ1) is 8.27. The van der Waals surface area contributed by atoms with E-state index in [1.807, 2.05) is 13.8 Å². The lowest BCUT2D eigenvalue weighted by molar-refractivity contribution is -0.143. The fourth-order valence-electron chi connectivity index (χ4n) is 4.62. The van der Waals surface area contributed by atoms with Crippen LogP contribution in [0.3, 0.4) is 0 Å². The van der Waals surface area contributed by atoms with E-state index < -0.39 is 5.60 Å². The van der Waals surface area contributed by atoms with Crippen molar-refractivity contribution in [3.8, 4) is 0 Å². The highest BCUT2D eigenvalue weighted by atomic mass is 16.5. The lowest BCUT2D eigenvalue weighted by atomic mass is 9.63. The summed E-state index contributed by atoms with van der Waals surface area (Å²) in [4.78, 5) is 12.0. The smallest absolute Gasteiger partial charge is 0.310 e. The van der Waals surface area contributed by atoms with Crippen molar-refractivity contribution in [2.45, 2.75) is 39.2 Å². The van der Waals surface area contributed by atoms with E-state index in [2.05, 4.69) is 13.5 Å². The highest BCUT2D eigenvalue weighted by molar-refractivity contribution is 5.77. The summed E-state index contributed by atoms with van der Waals surface area (Å²) >= 11 is 0. The maximum atomic E-state index is 12.0. The van der Waals surface area contributed by atoms with Crippen LogP contribution in [0.5, 0.6) is 0 Å². The fraction of sp³-hybridized carbons (Fsp3) is 0.800. The monoisotopic (exact) mass is 250 g/mol. The van der Waals surface area contributed by atoms with Crippen molar-refractivity contribution in [2.24, 2.45) is 29.1 Å². The van der Waals surface area contributed by atoms with E-state index in [1.54, 1.807) is 0 Å². The second kappa shape index (κ2) is 3.38. The van der Waals surface area contributed by atoms with Crippen molar-refractivity contribution in [3.63, 3.8) is 0 Å². The van der Waals surface area contributed by atoms with Gasteiger partial charge in [0.05, 0.1) is 18.1 Å². The number of cyclic esters (lactones) is 1. The highest BCUT2D eigenvalue weighted by Gasteiger charge is 2.65. The fourth-order valence-corrected chi connectivity index (χ4v) is 4.62. The minimum Gasteiger partial charge on any atom is -0.465 e. The zero-order valence-electron chi connectivity index (χ0n) is 11.4. The summed E-state index contributed by atoms with van der Waals surface area (Å²) in [5.74, 6) is 0.352. The standard InChI is InChI=1S/C15H22O3/c1-8-11-9(14(2,3)17)5-6-15(8,4)10-7-18-13(16)12(10)11/h9-12,17H,1,5-7H2,2-4H3/t9-,10+,11+,12-,15+/m0/s1. The molecule has 2 saturated carbocycles. The van der Waals surface area contributed by atoms with Gasteiger partial charge in [0.15, 0.2) is 0 Å². The predicted molar refractivity (Wildman–Crippen MR) is 67.7 cm³/mol. The molecule has 2 bridgehead atoms. The van der Waals surface area contributed by atoms with Crippen molar-refractivity contribution < 1.29 is 14.6 Å². The Hall–Kier alpha value is -0.830. The molecule has 0 aromatic rings. The SMILES string of the molecule is C=C1[C@H]2[C@H]3C(=O)OC[C@H]3[C@]1(C)CC[C@@H]2C(C)(C)O. The van der Waals surface area contributed by atoms with Crippen LogP contribution in [-0.4, -0.2) is 23.3 Å². The van der Waals surface area contributed by atoms with E-state index in [1.165, 1.54) is 5.57 Å². The van der Waals surface area contributed by atoms with Gasteiger partial charge in [-0.25, -0.2) is 0 Å². The molecule has 0 amide bonds. The van der Waals surface area contributed by atoms with Crippen LogP contribution in [0.15, 0.2) is 12.2 Å². The molecule has 0 radical (unpaired) electrons. The van der Waals surface area contributed by atoms with E-state index >= 15 is 0 Å². The Morgan fingerprint density at radius 2 is 2.11 bits per heavy atom. The quantitative estimate of drug-likeness (QED) is 0.573. The van der Waals surface area contributed by atoms with E-state index in [0.29, 0.717) is 6.61 Å². The molecular formula is C15H22O3. The summed E-state index contributed by atoms with van der Waals surface area (Å²) in [6.07, 6.45) is 1.98. The molecule has 3 rings (SSSR count). The number of carbonyl (C=O) groups is 1. The summed E-state index contributed by atoms with van der Waals surface area (Å²) < 4.78 is 5.27. The predicted octanol–water partition coefficient (Wildman–Crippen LogP) is 2.15. The number of esters is 1. The summed E-state index contributed by atoms with van der Waals surface area (Å²) in [5, 5.41) is 10.4. The Bertz CT molecular complexity index is 420. The molecule has 0 aromatic carbocycles. The second-order valence-electron chi connectivity index (χ2n) is 7.03. The lowest BCUT2D eigenvalue weighted by Gasteiger charge is -2.43. The Kier molecular flexibility index (Phi) is 2.30. The molecule has 3 fully saturated rings. The van der Waals surface area contributed by atoms with Crippen LogP contribution >= 0.6 is 0 Å². The number of hydrogen-bond donors (Lipinski definition) is 1.